The Balaban J connectivity index is 1.97. The fourth-order valence-corrected chi connectivity index (χ4v) is 2.78. The first-order chi connectivity index (χ1) is 14.6. The maximum Gasteiger partial charge on any atom is 0.324 e. The molecule has 0 bridgehead atoms. The number of carbonyl (C=O) groups is 4. The second kappa shape index (κ2) is 12.0. The van der Waals surface area contributed by atoms with Crippen LogP contribution in [0.15, 0.2) is 60.7 Å². The lowest BCUT2D eigenvalue weighted by molar-refractivity contribution is -0.125. The maximum absolute atomic E-state index is 12.4. The Bertz CT molecular complexity index is 910. The molecule has 2 rings (SSSR count). The molecule has 2 aromatic rings. The Morgan fingerprint density at radius 1 is 0.967 bits per heavy atom. The number of rotatable bonds is 9. The molecule has 0 aliphatic carbocycles. The van der Waals surface area contributed by atoms with E-state index in [4.69, 9.17) is 0 Å². The number of urea groups is 1. The van der Waals surface area contributed by atoms with Gasteiger partial charge in [0.05, 0.1) is 6.54 Å². The number of hydrogen-bond donors (Lipinski definition) is 2. The van der Waals surface area contributed by atoms with Crippen LogP contribution in [-0.2, 0) is 16.0 Å². The van der Waals surface area contributed by atoms with Crippen molar-refractivity contribution in [1.82, 2.24) is 15.5 Å². The van der Waals surface area contributed by atoms with E-state index in [9.17, 15) is 19.2 Å². The minimum absolute atomic E-state index is 0.178. The van der Waals surface area contributed by atoms with Crippen LogP contribution in [0.1, 0.15) is 28.4 Å². The second-order valence-corrected chi connectivity index (χ2v) is 6.36. The van der Waals surface area contributed by atoms with Crippen molar-refractivity contribution in [2.75, 3.05) is 19.6 Å². The Labute approximate surface area is 175 Å². The summed E-state index contributed by atoms with van der Waals surface area (Å²) in [4.78, 5) is 48.7. The molecule has 0 unspecified atom stereocenters. The van der Waals surface area contributed by atoms with Crippen molar-refractivity contribution in [2.24, 2.45) is 0 Å². The highest BCUT2D eigenvalue weighted by molar-refractivity contribution is 6.03. The molecular formula is C23H25N3O4. The third-order valence-corrected chi connectivity index (χ3v) is 4.26. The minimum atomic E-state index is -0.666. The molecule has 0 aliphatic rings. The smallest absolute Gasteiger partial charge is 0.324 e. The fraction of sp³-hybridized carbons (Fsp3) is 0.217. The number of imide groups is 1. The first kappa shape index (κ1) is 22.5. The SMILES string of the molecule is CCNC(=O)c1ccccc1CCNC(=O)N(CC=O)C(=O)/C=C/c1ccccc1. The summed E-state index contributed by atoms with van der Waals surface area (Å²) >= 11 is 0. The zero-order valence-electron chi connectivity index (χ0n) is 16.8. The van der Waals surface area contributed by atoms with E-state index in [-0.39, 0.29) is 19.0 Å². The monoisotopic (exact) mass is 407 g/mol. The molecule has 0 heterocycles. The van der Waals surface area contributed by atoms with Crippen molar-refractivity contribution in [1.29, 1.82) is 0 Å². The molecule has 4 amide bonds. The summed E-state index contributed by atoms with van der Waals surface area (Å²) < 4.78 is 0. The molecule has 0 saturated carbocycles. The summed E-state index contributed by atoms with van der Waals surface area (Å²) in [6.07, 6.45) is 3.74. The molecule has 2 aromatic carbocycles. The lowest BCUT2D eigenvalue weighted by Crippen LogP contribution is -2.44. The highest BCUT2D eigenvalue weighted by Gasteiger charge is 2.19. The Morgan fingerprint density at radius 2 is 1.67 bits per heavy atom. The van der Waals surface area contributed by atoms with Crippen LogP contribution in [0.3, 0.4) is 0 Å². The van der Waals surface area contributed by atoms with E-state index in [1.54, 1.807) is 18.2 Å². The van der Waals surface area contributed by atoms with Crippen LogP contribution in [0.4, 0.5) is 4.79 Å². The van der Waals surface area contributed by atoms with Gasteiger partial charge in [-0.05, 0) is 36.6 Å². The van der Waals surface area contributed by atoms with Crippen molar-refractivity contribution < 1.29 is 19.2 Å². The van der Waals surface area contributed by atoms with Gasteiger partial charge in [0, 0.05) is 24.7 Å². The molecule has 156 valence electrons. The molecule has 0 spiro atoms. The van der Waals surface area contributed by atoms with Crippen LogP contribution in [0.5, 0.6) is 0 Å². The van der Waals surface area contributed by atoms with E-state index >= 15 is 0 Å². The molecule has 30 heavy (non-hydrogen) atoms. The van der Waals surface area contributed by atoms with Gasteiger partial charge >= 0.3 is 6.03 Å². The Kier molecular flexibility index (Phi) is 8.99. The number of aldehydes is 1. The van der Waals surface area contributed by atoms with Gasteiger partial charge in [-0.25, -0.2) is 4.79 Å². The van der Waals surface area contributed by atoms with Crippen molar-refractivity contribution >= 4 is 30.2 Å². The summed E-state index contributed by atoms with van der Waals surface area (Å²) in [5.74, 6) is -0.769. The molecule has 0 aliphatic heterocycles. The normalized spacial score (nSPS) is 10.4. The zero-order chi connectivity index (χ0) is 21.8. The Morgan fingerprint density at radius 3 is 2.37 bits per heavy atom. The third kappa shape index (κ3) is 6.70. The van der Waals surface area contributed by atoms with Gasteiger partial charge in [-0.3, -0.25) is 14.5 Å². The molecule has 0 radical (unpaired) electrons. The van der Waals surface area contributed by atoms with E-state index in [1.165, 1.54) is 6.08 Å². The lowest BCUT2D eigenvalue weighted by Gasteiger charge is -2.17. The van der Waals surface area contributed by atoms with E-state index in [1.807, 2.05) is 49.4 Å². The summed E-state index contributed by atoms with van der Waals surface area (Å²) in [5, 5.41) is 5.39. The lowest BCUT2D eigenvalue weighted by atomic mass is 10.0. The largest absolute Gasteiger partial charge is 0.352 e. The zero-order valence-corrected chi connectivity index (χ0v) is 16.8. The standard InChI is InChI=1S/C23H25N3O4/c1-2-24-22(29)20-11-7-6-10-19(20)14-15-25-23(30)26(16-17-27)21(28)13-12-18-8-4-3-5-9-18/h3-13,17H,2,14-16H2,1H3,(H,24,29)(H,25,30)/b13-12+. The highest BCUT2D eigenvalue weighted by atomic mass is 16.2. The molecular weight excluding hydrogens is 382 g/mol. The topological polar surface area (TPSA) is 95.6 Å². The summed E-state index contributed by atoms with van der Waals surface area (Å²) in [6, 6.07) is 15.6. The number of nitrogens with zero attached hydrogens (tertiary/aromatic N) is 1. The first-order valence-corrected chi connectivity index (χ1v) is 9.69. The Hall–Kier alpha value is -3.74. The maximum atomic E-state index is 12.4. The highest BCUT2D eigenvalue weighted by Crippen LogP contribution is 2.09. The predicted octanol–water partition coefficient (Wildman–Crippen LogP) is 2.43. The van der Waals surface area contributed by atoms with Crippen LogP contribution in [-0.4, -0.2) is 48.7 Å². The number of nitrogens with one attached hydrogen (secondary N) is 2. The average Bonchev–Trinajstić information content (AvgIpc) is 2.77. The van der Waals surface area contributed by atoms with Gasteiger partial charge in [0.2, 0.25) is 0 Å². The van der Waals surface area contributed by atoms with E-state index in [2.05, 4.69) is 10.6 Å². The summed E-state index contributed by atoms with van der Waals surface area (Å²) in [6.45, 7) is 2.22. The second-order valence-electron chi connectivity index (χ2n) is 6.36. The molecule has 0 aromatic heterocycles. The van der Waals surface area contributed by atoms with E-state index < -0.39 is 11.9 Å². The van der Waals surface area contributed by atoms with E-state index in [0.717, 1.165) is 16.0 Å². The molecule has 2 N–H and O–H groups in total. The van der Waals surface area contributed by atoms with Gasteiger partial charge in [0.15, 0.2) is 0 Å². The van der Waals surface area contributed by atoms with E-state index in [0.29, 0.717) is 24.8 Å². The molecule has 0 fully saturated rings. The predicted molar refractivity (Wildman–Crippen MR) is 115 cm³/mol. The van der Waals surface area contributed by atoms with Crippen LogP contribution in [0.25, 0.3) is 6.08 Å². The first-order valence-electron chi connectivity index (χ1n) is 9.69. The van der Waals surface area contributed by atoms with Gasteiger partial charge in [0.1, 0.15) is 6.29 Å². The van der Waals surface area contributed by atoms with Crippen LogP contribution in [0.2, 0.25) is 0 Å². The quantitative estimate of drug-likeness (QED) is 0.493. The van der Waals surface area contributed by atoms with Crippen molar-refractivity contribution in [3.05, 3.63) is 77.4 Å². The minimum Gasteiger partial charge on any atom is -0.352 e. The number of carbonyl (C=O) groups excluding carboxylic acids is 4. The van der Waals surface area contributed by atoms with Gasteiger partial charge in [-0.15, -0.1) is 0 Å². The number of hydrogen-bond acceptors (Lipinski definition) is 4. The molecule has 0 atom stereocenters. The van der Waals surface area contributed by atoms with Crippen LogP contribution < -0.4 is 10.6 Å². The van der Waals surface area contributed by atoms with Gasteiger partial charge in [0.25, 0.3) is 11.8 Å². The molecule has 7 nitrogen and oxygen atoms in total. The number of benzene rings is 2. The van der Waals surface area contributed by atoms with Crippen molar-refractivity contribution in [3.63, 3.8) is 0 Å². The molecule has 0 saturated heterocycles. The molecule has 7 heteroatoms. The van der Waals surface area contributed by atoms with Crippen molar-refractivity contribution in [2.45, 2.75) is 13.3 Å². The van der Waals surface area contributed by atoms with Gasteiger partial charge < -0.3 is 15.4 Å². The third-order valence-electron chi connectivity index (χ3n) is 4.26. The van der Waals surface area contributed by atoms with Gasteiger partial charge in [-0.1, -0.05) is 48.5 Å². The average molecular weight is 407 g/mol. The summed E-state index contributed by atoms with van der Waals surface area (Å²) in [7, 11) is 0. The fourth-order valence-electron chi connectivity index (χ4n) is 2.78. The van der Waals surface area contributed by atoms with Crippen molar-refractivity contribution in [3.8, 4) is 0 Å². The van der Waals surface area contributed by atoms with Gasteiger partial charge in [-0.2, -0.15) is 0 Å². The number of amides is 4. The van der Waals surface area contributed by atoms with Crippen LogP contribution >= 0.6 is 0 Å². The summed E-state index contributed by atoms with van der Waals surface area (Å²) in [5.41, 5.74) is 2.13. The van der Waals surface area contributed by atoms with Crippen LogP contribution in [0, 0.1) is 0 Å².